The Morgan fingerprint density at radius 2 is 2.21 bits per heavy atom. The van der Waals surface area contributed by atoms with Crippen LogP contribution in [-0.2, 0) is 6.54 Å². The van der Waals surface area contributed by atoms with Crippen molar-refractivity contribution in [2.75, 3.05) is 19.0 Å². The third-order valence-corrected chi connectivity index (χ3v) is 2.49. The van der Waals surface area contributed by atoms with Crippen molar-refractivity contribution in [3.05, 3.63) is 23.8 Å². The topological polar surface area (TPSA) is 85.0 Å². The highest BCUT2D eigenvalue weighted by Crippen LogP contribution is 2.28. The standard InChI is InChI=1S/C12H17N5O2/c1-3-6-19-10-5-4-9(7-11(10)18-2)8-13-12-14-16-17-15-12/h4-5,7H,3,6,8H2,1-2H3,(H2,13,14,15,16,17). The number of hydrogen-bond donors (Lipinski definition) is 2. The quantitative estimate of drug-likeness (QED) is 0.789. The zero-order valence-electron chi connectivity index (χ0n) is 11.0. The van der Waals surface area contributed by atoms with Crippen LogP contribution in [0.1, 0.15) is 18.9 Å². The lowest BCUT2D eigenvalue weighted by Gasteiger charge is -2.11. The number of aromatic amines is 1. The number of anilines is 1. The molecule has 0 spiro atoms. The van der Waals surface area contributed by atoms with Crippen LogP contribution >= 0.6 is 0 Å². The summed E-state index contributed by atoms with van der Waals surface area (Å²) in [5.74, 6) is 1.94. The second-order valence-electron chi connectivity index (χ2n) is 3.92. The van der Waals surface area contributed by atoms with Crippen LogP contribution in [0.3, 0.4) is 0 Å². The molecule has 1 heterocycles. The van der Waals surface area contributed by atoms with Gasteiger partial charge in [-0.25, -0.2) is 0 Å². The molecule has 2 rings (SSSR count). The Balaban J connectivity index is 2.01. The van der Waals surface area contributed by atoms with E-state index in [1.165, 1.54) is 0 Å². The zero-order chi connectivity index (χ0) is 13.5. The summed E-state index contributed by atoms with van der Waals surface area (Å²) < 4.78 is 10.9. The molecule has 2 aromatic rings. The Labute approximate surface area is 111 Å². The molecule has 2 N–H and O–H groups in total. The van der Waals surface area contributed by atoms with E-state index in [4.69, 9.17) is 9.47 Å². The normalized spacial score (nSPS) is 10.2. The number of rotatable bonds is 7. The van der Waals surface area contributed by atoms with Gasteiger partial charge >= 0.3 is 0 Å². The number of nitrogens with one attached hydrogen (secondary N) is 2. The molecule has 0 radical (unpaired) electrons. The van der Waals surface area contributed by atoms with Gasteiger partial charge in [0.15, 0.2) is 11.5 Å². The zero-order valence-corrected chi connectivity index (χ0v) is 11.0. The number of methoxy groups -OCH3 is 1. The minimum Gasteiger partial charge on any atom is -0.493 e. The van der Waals surface area contributed by atoms with Crippen molar-refractivity contribution in [3.8, 4) is 11.5 Å². The molecule has 102 valence electrons. The van der Waals surface area contributed by atoms with Gasteiger partial charge in [0.25, 0.3) is 5.95 Å². The maximum atomic E-state index is 5.60. The molecule has 1 aromatic heterocycles. The molecule has 0 aliphatic heterocycles. The molecule has 1 aromatic carbocycles. The first-order valence-electron chi connectivity index (χ1n) is 6.10. The molecular formula is C12H17N5O2. The van der Waals surface area contributed by atoms with Crippen LogP contribution in [-0.4, -0.2) is 34.3 Å². The number of benzene rings is 1. The maximum absolute atomic E-state index is 5.60. The fourth-order valence-corrected chi connectivity index (χ4v) is 1.57. The number of nitrogens with zero attached hydrogens (tertiary/aromatic N) is 3. The number of hydrogen-bond acceptors (Lipinski definition) is 6. The van der Waals surface area contributed by atoms with E-state index in [1.54, 1.807) is 7.11 Å². The minimum absolute atomic E-state index is 0.463. The predicted molar refractivity (Wildman–Crippen MR) is 70.3 cm³/mol. The van der Waals surface area contributed by atoms with Crippen LogP contribution in [0.15, 0.2) is 18.2 Å². The van der Waals surface area contributed by atoms with E-state index in [0.717, 1.165) is 23.5 Å². The van der Waals surface area contributed by atoms with Gasteiger partial charge in [-0.05, 0) is 29.3 Å². The van der Waals surface area contributed by atoms with E-state index in [0.29, 0.717) is 19.1 Å². The van der Waals surface area contributed by atoms with Crippen molar-refractivity contribution in [2.24, 2.45) is 0 Å². The van der Waals surface area contributed by atoms with E-state index in [1.807, 2.05) is 18.2 Å². The van der Waals surface area contributed by atoms with Gasteiger partial charge in [0, 0.05) is 6.54 Å². The Kier molecular flexibility index (Phi) is 4.54. The number of H-pyrrole nitrogens is 1. The first kappa shape index (κ1) is 13.1. The van der Waals surface area contributed by atoms with Crippen LogP contribution in [0.5, 0.6) is 11.5 Å². The number of aromatic nitrogens is 4. The lowest BCUT2D eigenvalue weighted by Crippen LogP contribution is -2.03. The van der Waals surface area contributed by atoms with Crippen molar-refractivity contribution in [1.29, 1.82) is 0 Å². The van der Waals surface area contributed by atoms with Crippen LogP contribution in [0.2, 0.25) is 0 Å². The van der Waals surface area contributed by atoms with E-state index < -0.39 is 0 Å². The number of ether oxygens (including phenoxy) is 2. The molecule has 0 atom stereocenters. The molecule has 19 heavy (non-hydrogen) atoms. The van der Waals surface area contributed by atoms with E-state index >= 15 is 0 Å². The molecule has 0 aliphatic carbocycles. The smallest absolute Gasteiger partial charge is 0.263 e. The monoisotopic (exact) mass is 263 g/mol. The van der Waals surface area contributed by atoms with Gasteiger partial charge < -0.3 is 14.8 Å². The number of tetrazole rings is 1. The second kappa shape index (κ2) is 6.58. The summed E-state index contributed by atoms with van der Waals surface area (Å²) in [7, 11) is 1.63. The maximum Gasteiger partial charge on any atom is 0.263 e. The van der Waals surface area contributed by atoms with Gasteiger partial charge in [-0.3, -0.25) is 0 Å². The lowest BCUT2D eigenvalue weighted by molar-refractivity contribution is 0.294. The van der Waals surface area contributed by atoms with Crippen LogP contribution < -0.4 is 14.8 Å². The SMILES string of the molecule is CCCOc1ccc(CNc2nn[nH]n2)cc1OC. The Bertz CT molecular complexity index is 501. The van der Waals surface area contributed by atoms with E-state index in [2.05, 4.69) is 32.9 Å². The predicted octanol–water partition coefficient (Wildman–Crippen LogP) is 1.61. The Morgan fingerprint density at radius 1 is 1.32 bits per heavy atom. The lowest BCUT2D eigenvalue weighted by atomic mass is 10.2. The molecule has 0 bridgehead atoms. The average molecular weight is 263 g/mol. The summed E-state index contributed by atoms with van der Waals surface area (Å²) in [4.78, 5) is 0. The molecule has 0 unspecified atom stereocenters. The highest BCUT2D eigenvalue weighted by molar-refractivity contribution is 5.43. The first-order valence-corrected chi connectivity index (χ1v) is 6.10. The highest BCUT2D eigenvalue weighted by Gasteiger charge is 2.06. The van der Waals surface area contributed by atoms with Crippen LogP contribution in [0.4, 0.5) is 5.95 Å². The fraction of sp³-hybridized carbons (Fsp3) is 0.417. The molecule has 7 heteroatoms. The minimum atomic E-state index is 0.463. The summed E-state index contributed by atoms with van der Waals surface area (Å²) in [6.07, 6.45) is 0.963. The molecule has 0 aliphatic rings. The molecule has 0 amide bonds. The fourth-order valence-electron chi connectivity index (χ4n) is 1.57. The van der Waals surface area contributed by atoms with Gasteiger partial charge in [-0.1, -0.05) is 18.1 Å². The molecule has 0 fully saturated rings. The van der Waals surface area contributed by atoms with Gasteiger partial charge in [0.1, 0.15) is 0 Å². The summed E-state index contributed by atoms with van der Waals surface area (Å²) in [5.41, 5.74) is 1.05. The van der Waals surface area contributed by atoms with E-state index in [-0.39, 0.29) is 0 Å². The third kappa shape index (κ3) is 3.57. The third-order valence-electron chi connectivity index (χ3n) is 2.49. The van der Waals surface area contributed by atoms with E-state index in [9.17, 15) is 0 Å². The molecule has 7 nitrogen and oxygen atoms in total. The van der Waals surface area contributed by atoms with Crippen LogP contribution in [0, 0.1) is 0 Å². The highest BCUT2D eigenvalue weighted by atomic mass is 16.5. The van der Waals surface area contributed by atoms with Gasteiger partial charge in [0.05, 0.1) is 13.7 Å². The first-order chi connectivity index (χ1) is 9.33. The van der Waals surface area contributed by atoms with Gasteiger partial charge in [-0.15, -0.1) is 5.10 Å². The van der Waals surface area contributed by atoms with Gasteiger partial charge in [0.2, 0.25) is 0 Å². The van der Waals surface area contributed by atoms with Crippen molar-refractivity contribution < 1.29 is 9.47 Å². The van der Waals surface area contributed by atoms with Crippen molar-refractivity contribution in [2.45, 2.75) is 19.9 Å². The molecule has 0 saturated carbocycles. The average Bonchev–Trinajstić information content (AvgIpc) is 2.96. The summed E-state index contributed by atoms with van der Waals surface area (Å²) >= 11 is 0. The van der Waals surface area contributed by atoms with Crippen LogP contribution in [0.25, 0.3) is 0 Å². The molecular weight excluding hydrogens is 246 g/mol. The van der Waals surface area contributed by atoms with Gasteiger partial charge in [-0.2, -0.15) is 5.21 Å². The van der Waals surface area contributed by atoms with Crippen molar-refractivity contribution >= 4 is 5.95 Å². The molecule has 0 saturated heterocycles. The Hall–Kier alpha value is -2.31. The summed E-state index contributed by atoms with van der Waals surface area (Å²) in [6, 6.07) is 5.81. The van der Waals surface area contributed by atoms with Crippen molar-refractivity contribution in [1.82, 2.24) is 20.6 Å². The van der Waals surface area contributed by atoms with Crippen molar-refractivity contribution in [3.63, 3.8) is 0 Å². The summed E-state index contributed by atoms with van der Waals surface area (Å²) in [6.45, 7) is 3.33. The summed E-state index contributed by atoms with van der Waals surface area (Å²) in [5, 5.41) is 16.5. The second-order valence-corrected chi connectivity index (χ2v) is 3.92. The Morgan fingerprint density at radius 3 is 2.89 bits per heavy atom. The largest absolute Gasteiger partial charge is 0.493 e.